The summed E-state index contributed by atoms with van der Waals surface area (Å²) in [5.74, 6) is 1.66. The maximum atomic E-state index is 10.3. The molecular weight excluding hydrogens is 236 g/mol. The number of aliphatic hydroxyl groups is 1. The number of hydrogen-bond donors (Lipinski definition) is 1. The van der Waals surface area contributed by atoms with E-state index in [1.807, 2.05) is 0 Å². The quantitative estimate of drug-likeness (QED) is 0.847. The van der Waals surface area contributed by atoms with E-state index in [9.17, 15) is 5.11 Å². The van der Waals surface area contributed by atoms with Gasteiger partial charge in [0.2, 0.25) is 0 Å². The van der Waals surface area contributed by atoms with Gasteiger partial charge in [0.1, 0.15) is 0 Å². The molecular formula is C16H32N2O. The molecule has 112 valence electrons. The summed E-state index contributed by atoms with van der Waals surface area (Å²) in [7, 11) is 4.45. The van der Waals surface area contributed by atoms with Gasteiger partial charge in [0.15, 0.2) is 0 Å². The van der Waals surface area contributed by atoms with Gasteiger partial charge in [-0.2, -0.15) is 0 Å². The summed E-state index contributed by atoms with van der Waals surface area (Å²) in [5, 5.41) is 10.3. The first-order valence-corrected chi connectivity index (χ1v) is 8.17. The van der Waals surface area contributed by atoms with Crippen LogP contribution in [0.1, 0.15) is 45.4 Å². The minimum absolute atomic E-state index is 0.0981. The Kier molecular flexibility index (Phi) is 5.67. The maximum Gasteiger partial charge on any atom is 0.0695 e. The Morgan fingerprint density at radius 2 is 1.79 bits per heavy atom. The van der Waals surface area contributed by atoms with Gasteiger partial charge in [0, 0.05) is 12.6 Å². The van der Waals surface area contributed by atoms with Gasteiger partial charge in [-0.15, -0.1) is 0 Å². The van der Waals surface area contributed by atoms with Gasteiger partial charge in [-0.3, -0.25) is 0 Å². The van der Waals surface area contributed by atoms with Crippen LogP contribution < -0.4 is 0 Å². The lowest BCUT2D eigenvalue weighted by molar-refractivity contribution is 0.00425. The van der Waals surface area contributed by atoms with E-state index in [0.717, 1.165) is 18.3 Å². The fourth-order valence-electron chi connectivity index (χ4n) is 3.85. The molecule has 0 amide bonds. The smallest absolute Gasteiger partial charge is 0.0695 e. The van der Waals surface area contributed by atoms with E-state index < -0.39 is 0 Å². The molecule has 2 rings (SSSR count). The van der Waals surface area contributed by atoms with Crippen molar-refractivity contribution in [3.63, 3.8) is 0 Å². The third-order valence-electron chi connectivity index (χ3n) is 5.42. The Morgan fingerprint density at radius 3 is 2.42 bits per heavy atom. The zero-order valence-corrected chi connectivity index (χ0v) is 13.0. The van der Waals surface area contributed by atoms with Crippen LogP contribution in [0.5, 0.6) is 0 Å². The van der Waals surface area contributed by atoms with Crippen LogP contribution in [0.2, 0.25) is 0 Å². The summed E-state index contributed by atoms with van der Waals surface area (Å²) >= 11 is 0. The number of nitrogens with zero attached hydrogens (tertiary/aromatic N) is 2. The average molecular weight is 268 g/mol. The predicted octanol–water partition coefficient (Wildman–Crippen LogP) is 2.20. The Labute approximate surface area is 119 Å². The van der Waals surface area contributed by atoms with Crippen LogP contribution in [0.4, 0.5) is 0 Å². The van der Waals surface area contributed by atoms with Gasteiger partial charge < -0.3 is 14.9 Å². The molecule has 2 fully saturated rings. The topological polar surface area (TPSA) is 26.7 Å². The molecule has 0 aromatic carbocycles. The molecule has 19 heavy (non-hydrogen) atoms. The monoisotopic (exact) mass is 268 g/mol. The van der Waals surface area contributed by atoms with E-state index in [2.05, 4.69) is 30.8 Å². The van der Waals surface area contributed by atoms with Gasteiger partial charge in [0.25, 0.3) is 0 Å². The van der Waals surface area contributed by atoms with E-state index in [4.69, 9.17) is 0 Å². The van der Waals surface area contributed by atoms with Gasteiger partial charge in [-0.05, 0) is 71.1 Å². The molecule has 0 aromatic rings. The fourth-order valence-corrected chi connectivity index (χ4v) is 3.85. The molecule has 3 atom stereocenters. The first-order chi connectivity index (χ1) is 9.10. The molecule has 1 N–H and O–H groups in total. The largest absolute Gasteiger partial charge is 0.391 e. The maximum absolute atomic E-state index is 10.3. The Balaban J connectivity index is 1.82. The Bertz CT molecular complexity index is 263. The summed E-state index contributed by atoms with van der Waals surface area (Å²) in [5.41, 5.74) is 0. The van der Waals surface area contributed by atoms with Crippen molar-refractivity contribution in [2.45, 2.75) is 57.6 Å². The summed E-state index contributed by atoms with van der Waals surface area (Å²) in [4.78, 5) is 4.89. The molecule has 1 saturated heterocycles. The fraction of sp³-hybridized carbons (Fsp3) is 1.00. The summed E-state index contributed by atoms with van der Waals surface area (Å²) in [6.45, 7) is 5.94. The molecule has 1 aliphatic carbocycles. The van der Waals surface area contributed by atoms with Crippen LogP contribution in [-0.4, -0.2) is 60.8 Å². The lowest BCUT2D eigenvalue weighted by Gasteiger charge is -2.41. The molecule has 0 bridgehead atoms. The lowest BCUT2D eigenvalue weighted by atomic mass is 9.81. The number of likely N-dealkylation sites (N-methyl/N-ethyl adjacent to an activating group) is 1. The van der Waals surface area contributed by atoms with Crippen LogP contribution >= 0.6 is 0 Å². The third-order valence-corrected chi connectivity index (χ3v) is 5.42. The highest BCUT2D eigenvalue weighted by Gasteiger charge is 2.32. The Hall–Kier alpha value is -0.120. The van der Waals surface area contributed by atoms with E-state index in [0.29, 0.717) is 6.04 Å². The van der Waals surface area contributed by atoms with Crippen LogP contribution in [0.15, 0.2) is 0 Å². The van der Waals surface area contributed by atoms with Crippen molar-refractivity contribution in [2.24, 2.45) is 11.8 Å². The van der Waals surface area contributed by atoms with Crippen molar-refractivity contribution in [3.8, 4) is 0 Å². The number of piperidine rings is 1. The van der Waals surface area contributed by atoms with Gasteiger partial charge in [-0.25, -0.2) is 0 Å². The van der Waals surface area contributed by atoms with Crippen molar-refractivity contribution >= 4 is 0 Å². The number of hydrogen-bond acceptors (Lipinski definition) is 3. The molecule has 2 aliphatic rings. The zero-order valence-electron chi connectivity index (χ0n) is 13.0. The first kappa shape index (κ1) is 15.3. The minimum Gasteiger partial charge on any atom is -0.391 e. The molecule has 1 saturated carbocycles. The van der Waals surface area contributed by atoms with Crippen LogP contribution in [0.25, 0.3) is 0 Å². The second-order valence-electron chi connectivity index (χ2n) is 6.91. The normalized spacial score (nSPS) is 34.9. The molecule has 3 unspecified atom stereocenters. The SMILES string of the molecule is CCC1CCC(O)C(N(C)CC2CCN(C)CC2)C1. The van der Waals surface area contributed by atoms with Gasteiger partial charge in [0.05, 0.1) is 6.10 Å². The molecule has 3 heteroatoms. The first-order valence-electron chi connectivity index (χ1n) is 8.17. The average Bonchev–Trinajstić information content (AvgIpc) is 2.42. The molecule has 0 radical (unpaired) electrons. The third kappa shape index (κ3) is 4.17. The summed E-state index contributed by atoms with van der Waals surface area (Å²) in [6, 6.07) is 0.401. The predicted molar refractivity (Wildman–Crippen MR) is 80.3 cm³/mol. The number of aliphatic hydroxyl groups excluding tert-OH is 1. The molecule has 1 aliphatic heterocycles. The van der Waals surface area contributed by atoms with Crippen molar-refractivity contribution in [1.82, 2.24) is 9.80 Å². The van der Waals surface area contributed by atoms with Crippen molar-refractivity contribution in [1.29, 1.82) is 0 Å². The zero-order chi connectivity index (χ0) is 13.8. The van der Waals surface area contributed by atoms with Crippen molar-refractivity contribution in [3.05, 3.63) is 0 Å². The highest BCUT2D eigenvalue weighted by Crippen LogP contribution is 2.30. The van der Waals surface area contributed by atoms with E-state index in [1.165, 1.54) is 51.7 Å². The number of likely N-dealkylation sites (tertiary alicyclic amines) is 1. The molecule has 0 aromatic heterocycles. The molecule has 3 nitrogen and oxygen atoms in total. The standard InChI is InChI=1S/C16H32N2O/c1-4-13-5-6-16(19)15(11-13)18(3)12-14-7-9-17(2)10-8-14/h13-16,19H,4-12H2,1-3H3. The van der Waals surface area contributed by atoms with Crippen LogP contribution in [0, 0.1) is 11.8 Å². The second kappa shape index (κ2) is 7.05. The van der Waals surface area contributed by atoms with E-state index >= 15 is 0 Å². The van der Waals surface area contributed by atoms with Crippen molar-refractivity contribution in [2.75, 3.05) is 33.7 Å². The van der Waals surface area contributed by atoms with E-state index in [-0.39, 0.29) is 6.10 Å². The highest BCUT2D eigenvalue weighted by atomic mass is 16.3. The van der Waals surface area contributed by atoms with Gasteiger partial charge in [-0.1, -0.05) is 13.3 Å². The minimum atomic E-state index is -0.0981. The second-order valence-corrected chi connectivity index (χ2v) is 6.91. The lowest BCUT2D eigenvalue weighted by Crippen LogP contribution is -2.48. The summed E-state index contributed by atoms with van der Waals surface area (Å²) in [6.07, 6.45) is 7.23. The summed E-state index contributed by atoms with van der Waals surface area (Å²) < 4.78 is 0. The highest BCUT2D eigenvalue weighted by molar-refractivity contribution is 4.86. The molecule has 0 spiro atoms. The van der Waals surface area contributed by atoms with E-state index in [1.54, 1.807) is 0 Å². The Morgan fingerprint density at radius 1 is 1.11 bits per heavy atom. The van der Waals surface area contributed by atoms with Crippen LogP contribution in [0.3, 0.4) is 0 Å². The van der Waals surface area contributed by atoms with Gasteiger partial charge >= 0.3 is 0 Å². The van der Waals surface area contributed by atoms with Crippen molar-refractivity contribution < 1.29 is 5.11 Å². The number of rotatable bonds is 4. The molecule has 1 heterocycles. The van der Waals surface area contributed by atoms with Crippen LogP contribution in [-0.2, 0) is 0 Å².